The Morgan fingerprint density at radius 1 is 1.11 bits per heavy atom. The van der Waals surface area contributed by atoms with Crippen LogP contribution in [0.1, 0.15) is 51.0 Å². The van der Waals surface area contributed by atoms with Crippen LogP contribution in [0.2, 0.25) is 0 Å². The lowest BCUT2D eigenvalue weighted by molar-refractivity contribution is -0.230. The first-order valence-electron chi connectivity index (χ1n) is 6.99. The highest BCUT2D eigenvalue weighted by atomic mass is 16.7. The van der Waals surface area contributed by atoms with E-state index >= 15 is 0 Å². The minimum Gasteiger partial charge on any atom is -0.348 e. The smallest absolute Gasteiger partial charge is 0.183 e. The predicted molar refractivity (Wildman–Crippen MR) is 73.5 cm³/mol. The molecule has 0 bridgehead atoms. The lowest BCUT2D eigenvalue weighted by Crippen LogP contribution is -2.35. The Morgan fingerprint density at radius 2 is 1.72 bits per heavy atom. The van der Waals surface area contributed by atoms with Crippen LogP contribution in [0.25, 0.3) is 0 Å². The SMILES string of the molecule is CCCc1ccc(C2OCC(C)(CC)CO2)cc1. The first-order chi connectivity index (χ1) is 8.67. The second-order valence-corrected chi connectivity index (χ2v) is 5.61. The molecule has 2 heteroatoms. The molecule has 0 aliphatic carbocycles. The second kappa shape index (κ2) is 5.85. The van der Waals surface area contributed by atoms with Crippen molar-refractivity contribution in [3.63, 3.8) is 0 Å². The third kappa shape index (κ3) is 3.12. The maximum Gasteiger partial charge on any atom is 0.183 e. The number of aryl methyl sites for hydroxylation is 1. The number of rotatable bonds is 4. The third-order valence-electron chi connectivity index (χ3n) is 3.81. The molecule has 0 atom stereocenters. The third-order valence-corrected chi connectivity index (χ3v) is 3.81. The summed E-state index contributed by atoms with van der Waals surface area (Å²) in [6.45, 7) is 8.17. The highest BCUT2D eigenvalue weighted by Gasteiger charge is 2.31. The summed E-state index contributed by atoms with van der Waals surface area (Å²) in [5.74, 6) is 0. The minimum atomic E-state index is -0.180. The van der Waals surface area contributed by atoms with E-state index in [0.717, 1.165) is 31.6 Å². The average molecular weight is 248 g/mol. The minimum absolute atomic E-state index is 0.179. The maximum absolute atomic E-state index is 5.85. The van der Waals surface area contributed by atoms with Gasteiger partial charge < -0.3 is 9.47 Å². The first kappa shape index (κ1) is 13.6. The molecule has 1 aromatic carbocycles. The molecule has 0 N–H and O–H groups in total. The van der Waals surface area contributed by atoms with Crippen molar-refractivity contribution in [2.24, 2.45) is 5.41 Å². The van der Waals surface area contributed by atoms with Crippen molar-refractivity contribution in [1.29, 1.82) is 0 Å². The lowest BCUT2D eigenvalue weighted by atomic mass is 9.89. The average Bonchev–Trinajstić information content (AvgIpc) is 2.41. The van der Waals surface area contributed by atoms with Crippen LogP contribution in [0.5, 0.6) is 0 Å². The van der Waals surface area contributed by atoms with Gasteiger partial charge in [-0.3, -0.25) is 0 Å². The summed E-state index contributed by atoms with van der Waals surface area (Å²) in [7, 11) is 0. The van der Waals surface area contributed by atoms with E-state index in [1.165, 1.54) is 12.0 Å². The van der Waals surface area contributed by atoms with E-state index in [0.29, 0.717) is 0 Å². The molecular formula is C16H24O2. The van der Waals surface area contributed by atoms with E-state index in [9.17, 15) is 0 Å². The molecule has 0 unspecified atom stereocenters. The van der Waals surface area contributed by atoms with Gasteiger partial charge in [-0.2, -0.15) is 0 Å². The molecule has 1 fully saturated rings. The summed E-state index contributed by atoms with van der Waals surface area (Å²) in [6.07, 6.45) is 3.24. The van der Waals surface area contributed by atoms with Crippen molar-refractivity contribution < 1.29 is 9.47 Å². The Hall–Kier alpha value is -0.860. The van der Waals surface area contributed by atoms with Crippen LogP contribution in [0.3, 0.4) is 0 Å². The van der Waals surface area contributed by atoms with E-state index in [4.69, 9.17) is 9.47 Å². The maximum atomic E-state index is 5.85. The first-order valence-corrected chi connectivity index (χ1v) is 6.99. The van der Waals surface area contributed by atoms with Crippen molar-refractivity contribution in [3.05, 3.63) is 35.4 Å². The Labute approximate surface area is 110 Å². The zero-order chi connectivity index (χ0) is 13.0. The van der Waals surface area contributed by atoms with Crippen LogP contribution in [0.4, 0.5) is 0 Å². The fraction of sp³-hybridized carbons (Fsp3) is 0.625. The number of hydrogen-bond acceptors (Lipinski definition) is 2. The van der Waals surface area contributed by atoms with Gasteiger partial charge in [0.2, 0.25) is 0 Å². The Kier molecular flexibility index (Phi) is 4.41. The highest BCUT2D eigenvalue weighted by molar-refractivity contribution is 5.23. The molecule has 0 saturated carbocycles. The Bertz CT molecular complexity index is 361. The zero-order valence-electron chi connectivity index (χ0n) is 11.7. The van der Waals surface area contributed by atoms with E-state index in [-0.39, 0.29) is 11.7 Å². The molecule has 18 heavy (non-hydrogen) atoms. The summed E-state index contributed by atoms with van der Waals surface area (Å²) < 4.78 is 11.7. The zero-order valence-corrected chi connectivity index (χ0v) is 11.7. The van der Waals surface area contributed by atoms with Crippen LogP contribution in [-0.4, -0.2) is 13.2 Å². The van der Waals surface area contributed by atoms with Crippen molar-refractivity contribution in [2.75, 3.05) is 13.2 Å². The molecule has 100 valence electrons. The van der Waals surface area contributed by atoms with Gasteiger partial charge in [-0.15, -0.1) is 0 Å². The van der Waals surface area contributed by atoms with Gasteiger partial charge in [-0.25, -0.2) is 0 Å². The van der Waals surface area contributed by atoms with Crippen molar-refractivity contribution in [3.8, 4) is 0 Å². The van der Waals surface area contributed by atoms with E-state index < -0.39 is 0 Å². The van der Waals surface area contributed by atoms with Crippen molar-refractivity contribution in [1.82, 2.24) is 0 Å². The van der Waals surface area contributed by atoms with E-state index in [1.807, 2.05) is 0 Å². The van der Waals surface area contributed by atoms with Crippen LogP contribution >= 0.6 is 0 Å². The molecule has 1 aliphatic heterocycles. The van der Waals surface area contributed by atoms with Gasteiger partial charge in [0.1, 0.15) is 0 Å². The van der Waals surface area contributed by atoms with Gasteiger partial charge in [0.05, 0.1) is 13.2 Å². The summed E-state index contributed by atoms with van der Waals surface area (Å²) in [6, 6.07) is 8.62. The number of ether oxygens (including phenoxy) is 2. The standard InChI is InChI=1S/C16H24O2/c1-4-6-13-7-9-14(10-8-13)15-17-11-16(3,5-2)12-18-15/h7-10,15H,4-6,11-12H2,1-3H3. The van der Waals surface area contributed by atoms with Crippen LogP contribution in [0, 0.1) is 5.41 Å². The quantitative estimate of drug-likeness (QED) is 0.798. The summed E-state index contributed by atoms with van der Waals surface area (Å²) in [5, 5.41) is 0. The largest absolute Gasteiger partial charge is 0.348 e. The molecule has 0 aromatic heterocycles. The molecule has 1 saturated heterocycles. The molecule has 1 aromatic rings. The van der Waals surface area contributed by atoms with E-state index in [2.05, 4.69) is 45.0 Å². The second-order valence-electron chi connectivity index (χ2n) is 5.61. The van der Waals surface area contributed by atoms with Gasteiger partial charge in [-0.05, 0) is 18.4 Å². The topological polar surface area (TPSA) is 18.5 Å². The van der Waals surface area contributed by atoms with Gasteiger partial charge in [0.15, 0.2) is 6.29 Å². The molecule has 0 radical (unpaired) electrons. The molecule has 1 heterocycles. The van der Waals surface area contributed by atoms with Crippen LogP contribution in [0.15, 0.2) is 24.3 Å². The predicted octanol–water partition coefficient (Wildman–Crippen LogP) is 4.10. The number of benzene rings is 1. The van der Waals surface area contributed by atoms with Crippen molar-refractivity contribution in [2.45, 2.75) is 46.3 Å². The van der Waals surface area contributed by atoms with Gasteiger partial charge in [0.25, 0.3) is 0 Å². The van der Waals surface area contributed by atoms with Crippen LogP contribution < -0.4 is 0 Å². The number of hydrogen-bond donors (Lipinski definition) is 0. The van der Waals surface area contributed by atoms with Crippen molar-refractivity contribution >= 4 is 0 Å². The fourth-order valence-corrected chi connectivity index (χ4v) is 2.17. The molecule has 2 rings (SSSR count). The molecule has 0 spiro atoms. The molecule has 1 aliphatic rings. The summed E-state index contributed by atoms with van der Waals surface area (Å²) in [5.41, 5.74) is 2.70. The monoisotopic (exact) mass is 248 g/mol. The molecular weight excluding hydrogens is 224 g/mol. The molecule has 2 nitrogen and oxygen atoms in total. The Morgan fingerprint density at radius 3 is 2.22 bits per heavy atom. The normalized spacial score (nSPS) is 28.3. The van der Waals surface area contributed by atoms with Gasteiger partial charge in [0, 0.05) is 11.0 Å². The Balaban J connectivity index is 1.97. The lowest BCUT2D eigenvalue weighted by Gasteiger charge is -2.36. The van der Waals surface area contributed by atoms with Gasteiger partial charge >= 0.3 is 0 Å². The summed E-state index contributed by atoms with van der Waals surface area (Å²) in [4.78, 5) is 0. The summed E-state index contributed by atoms with van der Waals surface area (Å²) >= 11 is 0. The van der Waals surface area contributed by atoms with E-state index in [1.54, 1.807) is 0 Å². The highest BCUT2D eigenvalue weighted by Crippen LogP contribution is 2.33. The van der Waals surface area contributed by atoms with Gasteiger partial charge in [-0.1, -0.05) is 51.5 Å². The van der Waals surface area contributed by atoms with Crippen LogP contribution in [-0.2, 0) is 15.9 Å². The molecule has 0 amide bonds. The fourth-order valence-electron chi connectivity index (χ4n) is 2.17.